The fourth-order valence-corrected chi connectivity index (χ4v) is 3.30. The fourth-order valence-electron chi connectivity index (χ4n) is 3.30. The van der Waals surface area contributed by atoms with Gasteiger partial charge in [-0.2, -0.15) is 0 Å². The summed E-state index contributed by atoms with van der Waals surface area (Å²) in [6.07, 6.45) is 3.69. The van der Waals surface area contributed by atoms with Gasteiger partial charge in [-0.05, 0) is 31.0 Å². The van der Waals surface area contributed by atoms with Gasteiger partial charge in [-0.1, -0.05) is 25.1 Å². The summed E-state index contributed by atoms with van der Waals surface area (Å²) in [6, 6.07) is 8.80. The van der Waals surface area contributed by atoms with Crippen molar-refractivity contribution < 1.29 is 9.47 Å². The second kappa shape index (κ2) is 5.93. The highest BCUT2D eigenvalue weighted by Gasteiger charge is 2.35. The van der Waals surface area contributed by atoms with Crippen LogP contribution in [0.25, 0.3) is 0 Å². The minimum absolute atomic E-state index is 0.254. The van der Waals surface area contributed by atoms with Crippen LogP contribution in [-0.4, -0.2) is 31.9 Å². The number of fused-ring (bicyclic) bond motifs is 1. The number of hydrogen-bond acceptors (Lipinski definition) is 3. The number of rotatable bonds is 4. The van der Waals surface area contributed by atoms with E-state index >= 15 is 0 Å². The van der Waals surface area contributed by atoms with E-state index in [1.54, 1.807) is 0 Å². The average molecular weight is 261 g/mol. The van der Waals surface area contributed by atoms with Crippen LogP contribution in [0.1, 0.15) is 25.3 Å². The van der Waals surface area contributed by atoms with Crippen molar-refractivity contribution in [2.75, 3.05) is 19.8 Å². The minimum atomic E-state index is 0.254. The summed E-state index contributed by atoms with van der Waals surface area (Å²) < 4.78 is 11.8. The van der Waals surface area contributed by atoms with Gasteiger partial charge < -0.3 is 14.8 Å². The number of benzene rings is 1. The third-order valence-electron chi connectivity index (χ3n) is 4.22. The molecular weight excluding hydrogens is 238 g/mol. The maximum absolute atomic E-state index is 6.16. The summed E-state index contributed by atoms with van der Waals surface area (Å²) >= 11 is 0. The molecule has 1 saturated heterocycles. The van der Waals surface area contributed by atoms with E-state index in [1.165, 1.54) is 18.4 Å². The van der Waals surface area contributed by atoms with Gasteiger partial charge in [-0.15, -0.1) is 0 Å². The van der Waals surface area contributed by atoms with Gasteiger partial charge in [0.25, 0.3) is 0 Å². The summed E-state index contributed by atoms with van der Waals surface area (Å²) in [4.78, 5) is 0. The fraction of sp³-hybridized carbons (Fsp3) is 0.625. The predicted molar refractivity (Wildman–Crippen MR) is 75.6 cm³/mol. The molecule has 0 radical (unpaired) electrons. The van der Waals surface area contributed by atoms with Crippen LogP contribution in [0.5, 0.6) is 5.75 Å². The molecule has 3 atom stereocenters. The zero-order valence-corrected chi connectivity index (χ0v) is 11.6. The Labute approximate surface area is 115 Å². The summed E-state index contributed by atoms with van der Waals surface area (Å²) in [5.41, 5.74) is 1.34. The lowest BCUT2D eigenvalue weighted by atomic mass is 9.88. The lowest BCUT2D eigenvalue weighted by molar-refractivity contribution is 0.0169. The quantitative estimate of drug-likeness (QED) is 0.903. The molecule has 2 aliphatic heterocycles. The van der Waals surface area contributed by atoms with Gasteiger partial charge in [-0.3, -0.25) is 0 Å². The van der Waals surface area contributed by atoms with Crippen molar-refractivity contribution in [1.82, 2.24) is 5.32 Å². The van der Waals surface area contributed by atoms with Crippen molar-refractivity contribution in [1.29, 1.82) is 0 Å². The molecule has 0 bridgehead atoms. The Morgan fingerprint density at radius 3 is 3.00 bits per heavy atom. The molecule has 1 aromatic carbocycles. The van der Waals surface area contributed by atoms with Crippen LogP contribution in [0, 0.1) is 5.92 Å². The summed E-state index contributed by atoms with van der Waals surface area (Å²) in [5, 5.41) is 3.62. The number of hydrogen-bond donors (Lipinski definition) is 1. The van der Waals surface area contributed by atoms with Crippen LogP contribution in [0.15, 0.2) is 24.3 Å². The molecule has 104 valence electrons. The van der Waals surface area contributed by atoms with Gasteiger partial charge in [0.1, 0.15) is 11.9 Å². The van der Waals surface area contributed by atoms with Gasteiger partial charge in [0.15, 0.2) is 0 Å². The van der Waals surface area contributed by atoms with Crippen LogP contribution in [0.3, 0.4) is 0 Å². The second-order valence-electron chi connectivity index (χ2n) is 5.53. The molecule has 0 saturated carbocycles. The Hall–Kier alpha value is -1.06. The van der Waals surface area contributed by atoms with E-state index in [0.717, 1.165) is 31.9 Å². The molecule has 0 spiro atoms. The molecule has 3 unspecified atom stereocenters. The van der Waals surface area contributed by atoms with Crippen LogP contribution < -0.4 is 10.1 Å². The number of likely N-dealkylation sites (N-methyl/N-ethyl adjacent to an activating group) is 1. The van der Waals surface area contributed by atoms with Gasteiger partial charge >= 0.3 is 0 Å². The van der Waals surface area contributed by atoms with Crippen molar-refractivity contribution in [2.24, 2.45) is 5.92 Å². The molecule has 0 amide bonds. The van der Waals surface area contributed by atoms with Gasteiger partial charge in [0.05, 0.1) is 6.61 Å². The average Bonchev–Trinajstić information content (AvgIpc) is 2.89. The van der Waals surface area contributed by atoms with E-state index in [9.17, 15) is 0 Å². The van der Waals surface area contributed by atoms with E-state index in [-0.39, 0.29) is 6.10 Å². The topological polar surface area (TPSA) is 30.5 Å². The van der Waals surface area contributed by atoms with Crippen molar-refractivity contribution in [3.63, 3.8) is 0 Å². The van der Waals surface area contributed by atoms with E-state index in [0.29, 0.717) is 12.0 Å². The van der Waals surface area contributed by atoms with Gasteiger partial charge in [-0.25, -0.2) is 0 Å². The lowest BCUT2D eigenvalue weighted by Gasteiger charge is -2.34. The lowest BCUT2D eigenvalue weighted by Crippen LogP contribution is -2.49. The summed E-state index contributed by atoms with van der Waals surface area (Å²) in [5.74, 6) is 1.64. The maximum Gasteiger partial charge on any atom is 0.123 e. The molecule has 2 aliphatic rings. The van der Waals surface area contributed by atoms with Gasteiger partial charge in [0, 0.05) is 25.0 Å². The summed E-state index contributed by atoms with van der Waals surface area (Å²) in [6.45, 7) is 4.94. The molecule has 2 heterocycles. The molecular formula is C16H23NO2. The molecule has 1 N–H and O–H groups in total. The number of ether oxygens (including phenoxy) is 2. The molecule has 3 rings (SSSR count). The Bertz CT molecular complexity index is 390. The molecule has 3 nitrogen and oxygen atoms in total. The zero-order chi connectivity index (χ0) is 13.1. The first-order valence-corrected chi connectivity index (χ1v) is 7.44. The Kier molecular flexibility index (Phi) is 4.04. The van der Waals surface area contributed by atoms with Crippen molar-refractivity contribution >= 4 is 0 Å². The van der Waals surface area contributed by atoms with E-state index < -0.39 is 0 Å². The highest BCUT2D eigenvalue weighted by molar-refractivity contribution is 5.37. The Balaban J connectivity index is 1.71. The summed E-state index contributed by atoms with van der Waals surface area (Å²) in [7, 11) is 0. The first-order chi connectivity index (χ1) is 9.38. The zero-order valence-electron chi connectivity index (χ0n) is 11.6. The van der Waals surface area contributed by atoms with Crippen LogP contribution in [0.2, 0.25) is 0 Å². The molecule has 1 aromatic rings. The third kappa shape index (κ3) is 2.77. The Morgan fingerprint density at radius 2 is 2.26 bits per heavy atom. The van der Waals surface area contributed by atoms with E-state index in [4.69, 9.17) is 9.47 Å². The first-order valence-electron chi connectivity index (χ1n) is 7.44. The monoisotopic (exact) mass is 261 g/mol. The highest BCUT2D eigenvalue weighted by atomic mass is 16.5. The minimum Gasteiger partial charge on any atom is -0.488 e. The van der Waals surface area contributed by atoms with Crippen molar-refractivity contribution in [2.45, 2.75) is 38.3 Å². The third-order valence-corrected chi connectivity index (χ3v) is 4.22. The second-order valence-corrected chi connectivity index (χ2v) is 5.53. The smallest absolute Gasteiger partial charge is 0.123 e. The van der Waals surface area contributed by atoms with Crippen LogP contribution >= 0.6 is 0 Å². The van der Waals surface area contributed by atoms with Gasteiger partial charge in [0.2, 0.25) is 0 Å². The molecule has 0 aromatic heterocycles. The molecule has 3 heteroatoms. The normalized spacial score (nSPS) is 27.6. The van der Waals surface area contributed by atoms with Crippen molar-refractivity contribution in [3.8, 4) is 5.75 Å². The molecule has 19 heavy (non-hydrogen) atoms. The first kappa shape index (κ1) is 12.9. The Morgan fingerprint density at radius 1 is 1.37 bits per heavy atom. The standard InChI is InChI=1S/C16H23NO2/c1-2-17-16(13-7-5-9-18-11-13)15-10-12-6-3-4-8-14(12)19-15/h3-4,6,8,13,15-17H,2,5,7,9-11H2,1H3. The number of para-hydroxylation sites is 1. The van der Waals surface area contributed by atoms with Crippen LogP contribution in [-0.2, 0) is 11.2 Å². The molecule has 0 aliphatic carbocycles. The van der Waals surface area contributed by atoms with E-state index in [2.05, 4.69) is 30.4 Å². The molecule has 1 fully saturated rings. The maximum atomic E-state index is 6.16. The largest absolute Gasteiger partial charge is 0.488 e. The number of nitrogens with one attached hydrogen (secondary N) is 1. The SMILES string of the molecule is CCNC(C1CCCOC1)C1Cc2ccccc2O1. The van der Waals surface area contributed by atoms with Crippen LogP contribution in [0.4, 0.5) is 0 Å². The van der Waals surface area contributed by atoms with E-state index in [1.807, 2.05) is 6.07 Å². The highest BCUT2D eigenvalue weighted by Crippen LogP contribution is 2.32. The predicted octanol–water partition coefficient (Wildman–Crippen LogP) is 2.39. The van der Waals surface area contributed by atoms with Crippen molar-refractivity contribution in [3.05, 3.63) is 29.8 Å².